The zero-order valence-corrected chi connectivity index (χ0v) is 22.8. The Balaban J connectivity index is 1.34. The average Bonchev–Trinajstić information content (AvgIpc) is 3.33. The molecule has 4 heterocycles. The van der Waals surface area contributed by atoms with Gasteiger partial charge in [0, 0.05) is 37.4 Å². The molecule has 5 rings (SSSR count). The van der Waals surface area contributed by atoms with Crippen LogP contribution in [0.15, 0.2) is 49.1 Å². The van der Waals surface area contributed by atoms with Gasteiger partial charge in [0.05, 0.1) is 30.4 Å². The molecule has 3 aromatic heterocycles. The van der Waals surface area contributed by atoms with Crippen LogP contribution in [-0.4, -0.2) is 78.7 Å². The second-order valence-electron chi connectivity index (χ2n) is 10.9. The summed E-state index contributed by atoms with van der Waals surface area (Å²) in [5, 5.41) is 13.0. The predicted octanol–water partition coefficient (Wildman–Crippen LogP) is 4.94. The first kappa shape index (κ1) is 26.4. The second-order valence-corrected chi connectivity index (χ2v) is 10.9. The topological polar surface area (TPSA) is 132 Å². The van der Waals surface area contributed by atoms with E-state index in [1.54, 1.807) is 24.4 Å². The predicted molar refractivity (Wildman–Crippen MR) is 149 cm³/mol. The normalized spacial score (nSPS) is 17.3. The molecule has 4 aromatic rings. The van der Waals surface area contributed by atoms with Crippen LogP contribution in [0.2, 0.25) is 0 Å². The lowest BCUT2D eigenvalue weighted by atomic mass is 9.84. The van der Waals surface area contributed by atoms with E-state index in [1.807, 2.05) is 30.3 Å². The molecule has 0 bridgehead atoms. The minimum atomic E-state index is -0.855. The maximum absolute atomic E-state index is 11.8. The third kappa shape index (κ3) is 5.49. The molecule has 1 aliphatic rings. The Kier molecular flexibility index (Phi) is 7.09. The fraction of sp³-hybridized carbons (Fsp3) is 0.393. The third-order valence-electron chi connectivity index (χ3n) is 7.37. The highest BCUT2D eigenvalue weighted by Crippen LogP contribution is 2.33. The molecule has 2 atom stereocenters. The van der Waals surface area contributed by atoms with Crippen molar-refractivity contribution >= 4 is 28.9 Å². The number of aromatic amines is 1. The van der Waals surface area contributed by atoms with E-state index in [-0.39, 0.29) is 17.5 Å². The number of piperazine rings is 1. The molecule has 1 saturated heterocycles. The molecule has 204 valence electrons. The standard InChI is InChI=1S/C28H34N8O3/c1-17(35-10-11-36(27(37)38)23(15-35)28(2,3)4)18-8-9-30-24(13-18)34-26-32-20-7-6-19(12-21(20)33-26)25-22(39-5)14-29-16-31-25/h6-9,12-14,16-17,23H,10-11,15H2,1-5H3,(H,37,38)(H2,30,32,33,34)/t17-,23?/m1/s1. The number of fused-ring (bicyclic) bond motifs is 1. The number of ether oxygens (including phenoxy) is 1. The summed E-state index contributed by atoms with van der Waals surface area (Å²) in [6, 6.07) is 9.89. The van der Waals surface area contributed by atoms with Crippen molar-refractivity contribution in [3.05, 3.63) is 54.6 Å². The highest BCUT2D eigenvalue weighted by molar-refractivity contribution is 5.84. The second kappa shape index (κ2) is 10.5. The number of carbonyl (C=O) groups is 1. The van der Waals surface area contributed by atoms with Gasteiger partial charge in [-0.15, -0.1) is 0 Å². The molecule has 0 saturated carbocycles. The van der Waals surface area contributed by atoms with Crippen LogP contribution in [0.3, 0.4) is 0 Å². The van der Waals surface area contributed by atoms with Gasteiger partial charge in [-0.1, -0.05) is 26.8 Å². The number of carboxylic acid groups (broad SMARTS) is 1. The first-order chi connectivity index (χ1) is 18.6. The molecule has 1 aliphatic heterocycles. The highest BCUT2D eigenvalue weighted by Gasteiger charge is 2.39. The maximum Gasteiger partial charge on any atom is 0.407 e. The summed E-state index contributed by atoms with van der Waals surface area (Å²) in [6.45, 7) is 10.3. The molecule has 39 heavy (non-hydrogen) atoms. The van der Waals surface area contributed by atoms with Gasteiger partial charge in [0.25, 0.3) is 0 Å². The maximum atomic E-state index is 11.8. The number of rotatable bonds is 6. The lowest BCUT2D eigenvalue weighted by molar-refractivity contribution is 0.00820. The van der Waals surface area contributed by atoms with E-state index in [1.165, 1.54) is 6.33 Å². The Morgan fingerprint density at radius 2 is 2.03 bits per heavy atom. The summed E-state index contributed by atoms with van der Waals surface area (Å²) >= 11 is 0. The number of aromatic nitrogens is 5. The number of H-pyrrole nitrogens is 1. The molecule has 3 N–H and O–H groups in total. The van der Waals surface area contributed by atoms with E-state index in [2.05, 4.69) is 62.8 Å². The Labute approximate surface area is 227 Å². The molecule has 1 aromatic carbocycles. The minimum Gasteiger partial charge on any atom is -0.493 e. The largest absolute Gasteiger partial charge is 0.493 e. The smallest absolute Gasteiger partial charge is 0.407 e. The number of anilines is 2. The van der Waals surface area contributed by atoms with Crippen molar-refractivity contribution < 1.29 is 14.6 Å². The lowest BCUT2D eigenvalue weighted by Gasteiger charge is -2.47. The SMILES string of the molecule is COc1cncnc1-c1ccc2nc(Nc3cc([C@@H](C)N4CCN(C(=O)O)C(C(C)(C)C)C4)ccn3)[nH]c2c1. The van der Waals surface area contributed by atoms with E-state index in [4.69, 9.17) is 4.74 Å². The summed E-state index contributed by atoms with van der Waals surface area (Å²) < 4.78 is 5.40. The van der Waals surface area contributed by atoms with Crippen molar-refractivity contribution in [2.45, 2.75) is 39.8 Å². The summed E-state index contributed by atoms with van der Waals surface area (Å²) in [5.41, 5.74) is 4.19. The molecule has 1 amide bonds. The molecule has 11 heteroatoms. The van der Waals surface area contributed by atoms with Crippen molar-refractivity contribution in [2.24, 2.45) is 5.41 Å². The first-order valence-electron chi connectivity index (χ1n) is 12.9. The van der Waals surface area contributed by atoms with Crippen molar-refractivity contribution in [1.82, 2.24) is 34.7 Å². The van der Waals surface area contributed by atoms with Gasteiger partial charge >= 0.3 is 6.09 Å². The fourth-order valence-corrected chi connectivity index (χ4v) is 5.13. The number of pyridine rings is 1. The van der Waals surface area contributed by atoms with Gasteiger partial charge in [-0.3, -0.25) is 4.90 Å². The zero-order valence-electron chi connectivity index (χ0n) is 22.8. The van der Waals surface area contributed by atoms with Gasteiger partial charge in [0.2, 0.25) is 5.95 Å². The molecule has 1 unspecified atom stereocenters. The first-order valence-corrected chi connectivity index (χ1v) is 12.9. The number of amides is 1. The van der Waals surface area contributed by atoms with Gasteiger partial charge in [0.1, 0.15) is 17.8 Å². The fourth-order valence-electron chi connectivity index (χ4n) is 5.13. The van der Waals surface area contributed by atoms with E-state index < -0.39 is 6.09 Å². The molecular weight excluding hydrogens is 496 g/mol. The summed E-state index contributed by atoms with van der Waals surface area (Å²) in [4.78, 5) is 36.6. The summed E-state index contributed by atoms with van der Waals surface area (Å²) in [7, 11) is 1.60. The van der Waals surface area contributed by atoms with Crippen LogP contribution in [0.5, 0.6) is 5.75 Å². The van der Waals surface area contributed by atoms with Crippen LogP contribution in [0, 0.1) is 5.41 Å². The quantitative estimate of drug-likeness (QED) is 0.317. The van der Waals surface area contributed by atoms with Crippen molar-refractivity contribution in [2.75, 3.05) is 32.1 Å². The van der Waals surface area contributed by atoms with Gasteiger partial charge in [-0.25, -0.2) is 24.7 Å². The number of methoxy groups -OCH3 is 1. The van der Waals surface area contributed by atoms with Gasteiger partial charge in [0.15, 0.2) is 5.75 Å². The van der Waals surface area contributed by atoms with Crippen LogP contribution in [0.4, 0.5) is 16.6 Å². The zero-order chi connectivity index (χ0) is 27.7. The van der Waals surface area contributed by atoms with E-state index >= 15 is 0 Å². The number of imidazole rings is 1. The minimum absolute atomic E-state index is 0.0895. The van der Waals surface area contributed by atoms with Crippen molar-refractivity contribution in [1.29, 1.82) is 0 Å². The van der Waals surface area contributed by atoms with E-state index in [0.717, 1.165) is 22.2 Å². The molecule has 0 radical (unpaired) electrons. The van der Waals surface area contributed by atoms with Gasteiger partial charge in [-0.2, -0.15) is 0 Å². The Morgan fingerprint density at radius 1 is 1.21 bits per heavy atom. The Morgan fingerprint density at radius 3 is 2.77 bits per heavy atom. The van der Waals surface area contributed by atoms with Crippen LogP contribution in [0.1, 0.15) is 39.3 Å². The van der Waals surface area contributed by atoms with Crippen molar-refractivity contribution in [3.63, 3.8) is 0 Å². The number of hydrogen-bond donors (Lipinski definition) is 3. The van der Waals surface area contributed by atoms with E-state index in [0.29, 0.717) is 42.8 Å². The number of benzene rings is 1. The van der Waals surface area contributed by atoms with Gasteiger partial charge < -0.3 is 25.0 Å². The van der Waals surface area contributed by atoms with Gasteiger partial charge in [-0.05, 0) is 42.2 Å². The molecule has 1 fully saturated rings. The highest BCUT2D eigenvalue weighted by atomic mass is 16.5. The average molecular weight is 531 g/mol. The monoisotopic (exact) mass is 530 g/mol. The number of nitrogens with one attached hydrogen (secondary N) is 2. The molecular formula is C28H34N8O3. The number of nitrogens with zero attached hydrogens (tertiary/aromatic N) is 6. The third-order valence-corrected chi connectivity index (χ3v) is 7.37. The number of hydrogen-bond acceptors (Lipinski definition) is 8. The molecule has 0 aliphatic carbocycles. The molecule has 0 spiro atoms. The summed E-state index contributed by atoms with van der Waals surface area (Å²) in [6.07, 6.45) is 4.07. The van der Waals surface area contributed by atoms with Crippen LogP contribution < -0.4 is 10.1 Å². The van der Waals surface area contributed by atoms with Crippen LogP contribution in [0.25, 0.3) is 22.3 Å². The Bertz CT molecular complexity index is 1480. The molecule has 11 nitrogen and oxygen atoms in total. The van der Waals surface area contributed by atoms with E-state index in [9.17, 15) is 9.90 Å². The lowest BCUT2D eigenvalue weighted by Crippen LogP contribution is -2.59. The van der Waals surface area contributed by atoms with Crippen molar-refractivity contribution in [3.8, 4) is 17.0 Å². The van der Waals surface area contributed by atoms with Crippen LogP contribution >= 0.6 is 0 Å². The van der Waals surface area contributed by atoms with Crippen LogP contribution in [-0.2, 0) is 0 Å². The Hall–Kier alpha value is -4.25. The summed E-state index contributed by atoms with van der Waals surface area (Å²) in [5.74, 6) is 1.85.